The fraction of sp³-hybridized carbons (Fsp3) is 0.833. The Balaban J connectivity index is 3.01. The van der Waals surface area contributed by atoms with Crippen LogP contribution in [0, 0.1) is 5.92 Å². The number of rotatable bonds is 5. The van der Waals surface area contributed by atoms with Crippen LogP contribution >= 0.6 is 0 Å². The molecule has 128 valence electrons. The Kier molecular flexibility index (Phi) is 6.08. The van der Waals surface area contributed by atoms with Gasteiger partial charge in [-0.1, -0.05) is 19.9 Å². The van der Waals surface area contributed by atoms with E-state index in [9.17, 15) is 4.79 Å². The molecule has 0 unspecified atom stereocenters. The van der Waals surface area contributed by atoms with Crippen LogP contribution in [0.25, 0.3) is 0 Å². The zero-order valence-electron chi connectivity index (χ0n) is 15.3. The van der Waals surface area contributed by atoms with Gasteiger partial charge >= 0.3 is 6.09 Å². The molecule has 0 aromatic rings. The van der Waals surface area contributed by atoms with Crippen molar-refractivity contribution in [2.45, 2.75) is 91.2 Å². The van der Waals surface area contributed by atoms with Gasteiger partial charge in [-0.2, -0.15) is 0 Å². The first-order valence-corrected chi connectivity index (χ1v) is 8.29. The van der Waals surface area contributed by atoms with Crippen LogP contribution in [0.3, 0.4) is 0 Å². The maximum absolute atomic E-state index is 12.7. The van der Waals surface area contributed by atoms with Gasteiger partial charge in [-0.15, -0.1) is 6.58 Å². The molecule has 1 rings (SSSR count). The lowest BCUT2D eigenvalue weighted by atomic mass is 9.96. The fourth-order valence-corrected chi connectivity index (χ4v) is 3.01. The highest BCUT2D eigenvalue weighted by Crippen LogP contribution is 2.38. The van der Waals surface area contributed by atoms with E-state index in [1.54, 1.807) is 4.90 Å². The molecule has 0 radical (unpaired) electrons. The molecule has 0 spiro atoms. The largest absolute Gasteiger partial charge is 0.444 e. The van der Waals surface area contributed by atoms with Crippen LogP contribution in [-0.4, -0.2) is 34.5 Å². The third-order valence-electron chi connectivity index (χ3n) is 3.74. The van der Waals surface area contributed by atoms with Gasteiger partial charge in [-0.3, -0.25) is 4.90 Å². The quantitative estimate of drug-likeness (QED) is 0.688. The van der Waals surface area contributed by atoms with E-state index in [2.05, 4.69) is 20.4 Å². The van der Waals surface area contributed by atoms with Crippen LogP contribution in [0.5, 0.6) is 0 Å². The molecule has 1 aliphatic rings. The molecule has 0 bridgehead atoms. The van der Waals surface area contributed by atoms with Crippen molar-refractivity contribution in [3.63, 3.8) is 0 Å². The summed E-state index contributed by atoms with van der Waals surface area (Å²) in [4.78, 5) is 14.5. The summed E-state index contributed by atoms with van der Waals surface area (Å²) in [6.07, 6.45) is 4.32. The number of allylic oxidation sites excluding steroid dienone is 1. The smallest absolute Gasteiger partial charge is 0.412 e. The molecular weight excluding hydrogens is 278 g/mol. The van der Waals surface area contributed by atoms with Gasteiger partial charge in [0.1, 0.15) is 11.3 Å². The second kappa shape index (κ2) is 7.03. The predicted octanol–water partition coefficient (Wildman–Crippen LogP) is 4.74. The number of carbonyl (C=O) groups excluding carboxylic acids is 1. The summed E-state index contributed by atoms with van der Waals surface area (Å²) in [7, 11) is 0. The number of amides is 1. The van der Waals surface area contributed by atoms with Crippen LogP contribution in [0.15, 0.2) is 12.7 Å². The molecule has 4 nitrogen and oxygen atoms in total. The Morgan fingerprint density at radius 1 is 1.41 bits per heavy atom. The highest BCUT2D eigenvalue weighted by atomic mass is 16.6. The zero-order valence-corrected chi connectivity index (χ0v) is 15.3. The standard InChI is InChI=1S/C18H33NO3/c1-9-10-11-15-14(12-13(2)3)19(18(7,8)21-15)16(20)22-17(4,5)6/h9,13-15H,1,10-12H2,2-8H3/t14-,15-/m0/s1. The van der Waals surface area contributed by atoms with Gasteiger partial charge in [-0.25, -0.2) is 4.79 Å². The van der Waals surface area contributed by atoms with Gasteiger partial charge < -0.3 is 9.47 Å². The fourth-order valence-electron chi connectivity index (χ4n) is 3.01. The average molecular weight is 311 g/mol. The Morgan fingerprint density at radius 3 is 2.45 bits per heavy atom. The van der Waals surface area contributed by atoms with Crippen LogP contribution in [-0.2, 0) is 9.47 Å². The summed E-state index contributed by atoms with van der Waals surface area (Å²) in [5.74, 6) is 0.485. The van der Waals surface area contributed by atoms with Crippen molar-refractivity contribution in [3.05, 3.63) is 12.7 Å². The Morgan fingerprint density at radius 2 is 2.00 bits per heavy atom. The second-order valence-corrected chi connectivity index (χ2v) is 8.02. The van der Waals surface area contributed by atoms with Gasteiger partial charge in [0.25, 0.3) is 0 Å². The molecule has 1 aliphatic heterocycles. The first-order valence-electron chi connectivity index (χ1n) is 8.29. The Hall–Kier alpha value is -1.03. The van der Waals surface area contributed by atoms with E-state index in [0.717, 1.165) is 19.3 Å². The van der Waals surface area contributed by atoms with Crippen LogP contribution < -0.4 is 0 Å². The van der Waals surface area contributed by atoms with Crippen LogP contribution in [0.4, 0.5) is 4.79 Å². The topological polar surface area (TPSA) is 38.8 Å². The highest BCUT2D eigenvalue weighted by molar-refractivity contribution is 5.70. The van der Waals surface area contributed by atoms with E-state index < -0.39 is 11.3 Å². The lowest BCUT2D eigenvalue weighted by Gasteiger charge is -2.35. The van der Waals surface area contributed by atoms with Crippen molar-refractivity contribution in [1.82, 2.24) is 4.90 Å². The summed E-state index contributed by atoms with van der Waals surface area (Å²) in [6, 6.07) is 0.0461. The van der Waals surface area contributed by atoms with Gasteiger partial charge in [-0.05, 0) is 59.8 Å². The monoisotopic (exact) mass is 311 g/mol. The first-order chi connectivity index (χ1) is 9.98. The van der Waals surface area contributed by atoms with Gasteiger partial charge in [0.05, 0.1) is 12.1 Å². The van der Waals surface area contributed by atoms with E-state index in [1.807, 2.05) is 40.7 Å². The summed E-state index contributed by atoms with van der Waals surface area (Å²) in [5.41, 5.74) is -1.15. The van der Waals surface area contributed by atoms with Crippen molar-refractivity contribution in [2.24, 2.45) is 5.92 Å². The van der Waals surface area contributed by atoms with E-state index in [0.29, 0.717) is 5.92 Å². The SMILES string of the molecule is C=CCC[C@@H]1OC(C)(C)N(C(=O)OC(C)(C)C)[C@H]1CC(C)C. The number of ether oxygens (including phenoxy) is 2. The summed E-state index contributed by atoms with van der Waals surface area (Å²) < 4.78 is 11.8. The minimum absolute atomic E-state index is 0.0305. The van der Waals surface area contributed by atoms with Crippen molar-refractivity contribution < 1.29 is 14.3 Å². The lowest BCUT2D eigenvalue weighted by molar-refractivity contribution is -0.0797. The van der Waals surface area contributed by atoms with Crippen molar-refractivity contribution in [3.8, 4) is 0 Å². The second-order valence-electron chi connectivity index (χ2n) is 8.02. The minimum atomic E-state index is -0.645. The molecule has 22 heavy (non-hydrogen) atoms. The van der Waals surface area contributed by atoms with E-state index in [1.165, 1.54) is 0 Å². The van der Waals surface area contributed by atoms with E-state index in [4.69, 9.17) is 9.47 Å². The molecule has 1 heterocycles. The summed E-state index contributed by atoms with van der Waals surface area (Å²) >= 11 is 0. The molecule has 0 aromatic carbocycles. The van der Waals surface area contributed by atoms with E-state index in [-0.39, 0.29) is 18.2 Å². The molecule has 0 N–H and O–H groups in total. The molecular formula is C18H33NO3. The summed E-state index contributed by atoms with van der Waals surface area (Å²) in [6.45, 7) is 17.7. The predicted molar refractivity (Wildman–Crippen MR) is 89.7 cm³/mol. The number of hydrogen-bond donors (Lipinski definition) is 0. The van der Waals surface area contributed by atoms with Gasteiger partial charge in [0.15, 0.2) is 0 Å². The van der Waals surface area contributed by atoms with Gasteiger partial charge in [0, 0.05) is 0 Å². The van der Waals surface area contributed by atoms with Crippen LogP contribution in [0.2, 0.25) is 0 Å². The molecule has 2 atom stereocenters. The first kappa shape index (κ1) is 19.0. The highest BCUT2D eigenvalue weighted by Gasteiger charge is 2.50. The number of hydrogen-bond acceptors (Lipinski definition) is 3. The molecule has 0 aliphatic carbocycles. The molecule has 1 amide bonds. The Labute approximate surface area is 135 Å². The maximum atomic E-state index is 12.7. The third kappa shape index (κ3) is 5.01. The molecule has 1 saturated heterocycles. The molecule has 1 fully saturated rings. The average Bonchev–Trinajstić information content (AvgIpc) is 2.54. The van der Waals surface area contributed by atoms with Crippen molar-refractivity contribution >= 4 is 6.09 Å². The van der Waals surface area contributed by atoms with Crippen LogP contribution in [0.1, 0.15) is 67.7 Å². The molecule has 0 saturated carbocycles. The minimum Gasteiger partial charge on any atom is -0.444 e. The number of nitrogens with zero attached hydrogens (tertiary/aromatic N) is 1. The third-order valence-corrected chi connectivity index (χ3v) is 3.74. The normalized spacial score (nSPS) is 24.6. The van der Waals surface area contributed by atoms with Gasteiger partial charge in [0.2, 0.25) is 0 Å². The number of carbonyl (C=O) groups is 1. The lowest BCUT2D eigenvalue weighted by Crippen LogP contribution is -2.50. The zero-order chi connectivity index (χ0) is 17.1. The van der Waals surface area contributed by atoms with Crippen molar-refractivity contribution in [1.29, 1.82) is 0 Å². The van der Waals surface area contributed by atoms with E-state index >= 15 is 0 Å². The molecule has 0 aromatic heterocycles. The summed E-state index contributed by atoms with van der Waals surface area (Å²) in [5, 5.41) is 0. The maximum Gasteiger partial charge on any atom is 0.412 e. The Bertz CT molecular complexity index is 396. The van der Waals surface area contributed by atoms with Crippen molar-refractivity contribution in [2.75, 3.05) is 0 Å². The molecule has 4 heteroatoms.